The monoisotopic (exact) mass is 592 g/mol. The van der Waals surface area contributed by atoms with Gasteiger partial charge in [-0.25, -0.2) is 14.8 Å². The summed E-state index contributed by atoms with van der Waals surface area (Å²) in [7, 11) is 0. The fraction of sp³-hybridized carbons (Fsp3) is 0.267. The maximum Gasteiger partial charge on any atom is 0.434 e. The van der Waals surface area contributed by atoms with E-state index < -0.39 is 18.0 Å². The first-order valence-electron chi connectivity index (χ1n) is 13.3. The normalized spacial score (nSPS) is 21.2. The number of nitrogen functional groups attached to an aromatic ring is 1. The van der Waals surface area contributed by atoms with Crippen molar-refractivity contribution in [1.82, 2.24) is 19.9 Å². The molecule has 4 aromatic rings. The maximum absolute atomic E-state index is 13.4. The van der Waals surface area contributed by atoms with Crippen molar-refractivity contribution in [2.45, 2.75) is 28.1 Å². The number of piperidine rings is 1. The molecule has 0 bridgehead atoms. The van der Waals surface area contributed by atoms with E-state index in [0.29, 0.717) is 32.0 Å². The molecule has 0 spiro atoms. The molecule has 42 heavy (non-hydrogen) atoms. The molecule has 8 nitrogen and oxygen atoms in total. The number of alkyl halides is 3. The first-order valence-corrected chi connectivity index (χ1v) is 14.1. The Morgan fingerprint density at radius 1 is 1.02 bits per heavy atom. The number of rotatable bonds is 8. The lowest BCUT2D eigenvalue weighted by molar-refractivity contribution is -0.143. The van der Waals surface area contributed by atoms with Crippen LogP contribution >= 0.6 is 11.8 Å². The summed E-state index contributed by atoms with van der Waals surface area (Å²) in [5, 5.41) is 10.3. The number of nitrogens with zero attached hydrogens (tertiary/aromatic N) is 5. The minimum atomic E-state index is -4.61. The number of benzene rings is 2. The van der Waals surface area contributed by atoms with Gasteiger partial charge in [-0.05, 0) is 35.1 Å². The van der Waals surface area contributed by atoms with Crippen LogP contribution in [0.4, 0.5) is 29.6 Å². The molecule has 1 unspecified atom stereocenters. The quantitative estimate of drug-likeness (QED) is 0.264. The molecule has 2 aromatic heterocycles. The number of aromatic nitrogens is 3. The minimum Gasteiger partial charge on any atom is -0.465 e. The van der Waals surface area contributed by atoms with Crippen LogP contribution in [0.15, 0.2) is 95.1 Å². The fourth-order valence-electron chi connectivity index (χ4n) is 6.14. The van der Waals surface area contributed by atoms with Crippen molar-refractivity contribution in [3.63, 3.8) is 0 Å². The summed E-state index contributed by atoms with van der Waals surface area (Å²) in [5.41, 5.74) is 6.85. The number of carboxylic acid groups (broad SMARTS) is 1. The summed E-state index contributed by atoms with van der Waals surface area (Å²) in [6.07, 6.45) is -2.96. The summed E-state index contributed by atoms with van der Waals surface area (Å²) >= 11 is 0.775. The van der Waals surface area contributed by atoms with E-state index >= 15 is 0 Å². The van der Waals surface area contributed by atoms with Crippen molar-refractivity contribution >= 4 is 29.5 Å². The summed E-state index contributed by atoms with van der Waals surface area (Å²) in [6.45, 7) is 1.90. The summed E-state index contributed by atoms with van der Waals surface area (Å²) < 4.78 is 40.2. The van der Waals surface area contributed by atoms with Gasteiger partial charge in [0.15, 0.2) is 11.5 Å². The lowest BCUT2D eigenvalue weighted by Crippen LogP contribution is -2.41. The Morgan fingerprint density at radius 2 is 1.69 bits per heavy atom. The Balaban J connectivity index is 1.21. The molecule has 216 valence electrons. The average molecular weight is 593 g/mol. The molecule has 2 aliphatic rings. The van der Waals surface area contributed by atoms with Gasteiger partial charge < -0.3 is 20.6 Å². The molecule has 12 heteroatoms. The van der Waals surface area contributed by atoms with Gasteiger partial charge in [0.2, 0.25) is 0 Å². The molecule has 1 saturated heterocycles. The lowest BCUT2D eigenvalue weighted by atomic mass is 9.89. The average Bonchev–Trinajstić information content (AvgIpc) is 3.32. The van der Waals surface area contributed by atoms with Gasteiger partial charge in [0.05, 0.1) is 6.20 Å². The summed E-state index contributed by atoms with van der Waals surface area (Å²) in [4.78, 5) is 28.1. The van der Waals surface area contributed by atoms with Gasteiger partial charge in [-0.1, -0.05) is 72.4 Å². The highest BCUT2D eigenvalue weighted by Crippen LogP contribution is 2.64. The van der Waals surface area contributed by atoms with Crippen molar-refractivity contribution in [2.75, 3.05) is 30.3 Å². The topological polar surface area (TPSA) is 108 Å². The number of hydrogen-bond donors (Lipinski definition) is 2. The third-order valence-corrected chi connectivity index (χ3v) is 9.16. The molecule has 1 saturated carbocycles. The first-order chi connectivity index (χ1) is 20.2. The highest BCUT2D eigenvalue weighted by Gasteiger charge is 2.69. The van der Waals surface area contributed by atoms with Crippen molar-refractivity contribution < 1.29 is 23.1 Å². The van der Waals surface area contributed by atoms with Crippen LogP contribution in [0.5, 0.6) is 0 Å². The first kappa shape index (κ1) is 27.8. The van der Waals surface area contributed by atoms with Crippen LogP contribution in [-0.4, -0.2) is 50.7 Å². The van der Waals surface area contributed by atoms with E-state index in [-0.39, 0.29) is 33.0 Å². The number of pyridine rings is 1. The predicted octanol–water partition coefficient (Wildman–Crippen LogP) is 5.81. The Kier molecular flexibility index (Phi) is 7.17. The zero-order valence-electron chi connectivity index (χ0n) is 22.3. The second-order valence-electron chi connectivity index (χ2n) is 10.5. The minimum absolute atomic E-state index is 0.0317. The Hall–Kier alpha value is -4.32. The maximum atomic E-state index is 13.4. The molecule has 6 rings (SSSR count). The van der Waals surface area contributed by atoms with Crippen LogP contribution in [-0.2, 0) is 18.1 Å². The standard InChI is InChI=1S/C30H27F3N6O2S/c31-30(32,33)25-23(12-7-13-35-25)42-27-26(34)37-24(14-36-27)38-16-21-22(17-38)29(21,20-10-5-2-6-11-20)18-39(28(40)41)15-19-8-3-1-4-9-19/h1-14,21-22H,15-18H2,(H2,34,37)(H,40,41)/t21-,22+,29?. The van der Waals surface area contributed by atoms with Gasteiger partial charge in [-0.2, -0.15) is 13.2 Å². The van der Waals surface area contributed by atoms with Gasteiger partial charge in [0, 0.05) is 42.7 Å². The highest BCUT2D eigenvalue weighted by molar-refractivity contribution is 7.99. The van der Waals surface area contributed by atoms with Crippen molar-refractivity contribution in [1.29, 1.82) is 0 Å². The van der Waals surface area contributed by atoms with Gasteiger partial charge in [0.1, 0.15) is 10.8 Å². The van der Waals surface area contributed by atoms with E-state index in [0.717, 1.165) is 29.1 Å². The zero-order valence-corrected chi connectivity index (χ0v) is 23.1. The number of hydrogen-bond acceptors (Lipinski definition) is 7. The summed E-state index contributed by atoms with van der Waals surface area (Å²) in [6, 6.07) is 22.3. The van der Waals surface area contributed by atoms with Crippen molar-refractivity contribution in [3.05, 3.63) is 102 Å². The SMILES string of the molecule is Nc1nc(N2C[C@@H]3[C@H](C2)C3(CN(Cc2ccccc2)C(=O)O)c2ccccc2)cnc1Sc1cccnc1C(F)(F)F. The lowest BCUT2D eigenvalue weighted by Gasteiger charge is -2.32. The van der Waals surface area contributed by atoms with Crippen LogP contribution in [0.3, 0.4) is 0 Å². The van der Waals surface area contributed by atoms with E-state index in [1.807, 2.05) is 48.5 Å². The van der Waals surface area contributed by atoms with Gasteiger partial charge in [-0.3, -0.25) is 4.98 Å². The number of nitrogens with two attached hydrogens (primary N) is 1. The van der Waals surface area contributed by atoms with Crippen LogP contribution in [0.1, 0.15) is 16.8 Å². The molecule has 1 aliphatic carbocycles. The van der Waals surface area contributed by atoms with Gasteiger partial charge in [-0.15, -0.1) is 0 Å². The fourth-order valence-corrected chi connectivity index (χ4v) is 7.01. The van der Waals surface area contributed by atoms with Crippen LogP contribution in [0.25, 0.3) is 0 Å². The number of anilines is 2. The molecule has 0 radical (unpaired) electrons. The Bertz CT molecular complexity index is 1580. The molecule has 2 fully saturated rings. The Morgan fingerprint density at radius 3 is 2.31 bits per heavy atom. The molecule has 1 amide bonds. The largest absolute Gasteiger partial charge is 0.465 e. The number of amides is 1. The molecule has 3 heterocycles. The molecule has 2 aromatic carbocycles. The second-order valence-corrected chi connectivity index (χ2v) is 11.5. The smallest absolute Gasteiger partial charge is 0.434 e. The van der Waals surface area contributed by atoms with Crippen molar-refractivity contribution in [2.24, 2.45) is 11.8 Å². The van der Waals surface area contributed by atoms with Crippen molar-refractivity contribution in [3.8, 4) is 0 Å². The molecular formula is C30H27F3N6O2S. The molecule has 3 N–H and O–H groups in total. The van der Waals surface area contributed by atoms with Crippen LogP contribution in [0, 0.1) is 11.8 Å². The predicted molar refractivity (Wildman–Crippen MR) is 152 cm³/mol. The van der Waals surface area contributed by atoms with E-state index in [1.165, 1.54) is 23.2 Å². The molecule has 3 atom stereocenters. The third kappa shape index (κ3) is 5.22. The van der Waals surface area contributed by atoms with E-state index in [1.54, 1.807) is 0 Å². The Labute approximate surface area is 244 Å². The van der Waals surface area contributed by atoms with Crippen LogP contribution < -0.4 is 10.6 Å². The number of carbonyl (C=O) groups is 1. The molecular weight excluding hydrogens is 565 g/mol. The summed E-state index contributed by atoms with van der Waals surface area (Å²) in [5.74, 6) is 0.926. The molecule has 1 aliphatic heterocycles. The van der Waals surface area contributed by atoms with Crippen LogP contribution in [0.2, 0.25) is 0 Å². The van der Waals surface area contributed by atoms with Gasteiger partial charge in [0.25, 0.3) is 0 Å². The second kappa shape index (κ2) is 10.8. The van der Waals surface area contributed by atoms with E-state index in [4.69, 9.17) is 5.73 Å². The number of fused-ring (bicyclic) bond motifs is 1. The van der Waals surface area contributed by atoms with Gasteiger partial charge >= 0.3 is 12.3 Å². The highest BCUT2D eigenvalue weighted by atomic mass is 32.2. The van der Waals surface area contributed by atoms with E-state index in [2.05, 4.69) is 32.0 Å². The van der Waals surface area contributed by atoms with E-state index in [9.17, 15) is 23.1 Å². The third-order valence-electron chi connectivity index (χ3n) is 8.11. The zero-order chi connectivity index (χ0) is 29.5. The number of halogens is 3.